The van der Waals surface area contributed by atoms with Gasteiger partial charge in [-0.3, -0.25) is 20.0 Å². The predicted octanol–water partition coefficient (Wildman–Crippen LogP) is 3.26. The minimum Gasteiger partial charge on any atom is -0.328 e. The molecule has 2 saturated heterocycles. The van der Waals surface area contributed by atoms with Gasteiger partial charge in [0.15, 0.2) is 0 Å². The molecule has 0 radical (unpaired) electrons. The molecule has 0 spiro atoms. The van der Waals surface area contributed by atoms with Gasteiger partial charge in [0.05, 0.1) is 11.9 Å². The van der Waals surface area contributed by atoms with Crippen LogP contribution in [0.25, 0.3) is 10.8 Å². The summed E-state index contributed by atoms with van der Waals surface area (Å²) in [5.74, 6) is 7.88. The van der Waals surface area contributed by atoms with Gasteiger partial charge >= 0.3 is 6.03 Å². The zero-order chi connectivity index (χ0) is 23.5. The van der Waals surface area contributed by atoms with Crippen molar-refractivity contribution in [2.75, 3.05) is 31.1 Å². The minimum absolute atomic E-state index is 0.239. The normalized spacial score (nSPS) is 24.6. The summed E-state index contributed by atoms with van der Waals surface area (Å²) in [6.45, 7) is 3.84. The van der Waals surface area contributed by atoms with Crippen LogP contribution in [0.5, 0.6) is 0 Å². The monoisotopic (exact) mass is 459 g/mol. The summed E-state index contributed by atoms with van der Waals surface area (Å²) in [7, 11) is 0. The SMILES string of the molecule is N[C@H]1CC[C@H](CN2CCC(C#Cc3ccc4c(N5CCC(=O)NC5=O)cncc4c3)CC2)CC1. The van der Waals surface area contributed by atoms with Crippen molar-refractivity contribution in [1.82, 2.24) is 15.2 Å². The number of piperidine rings is 1. The Morgan fingerprint density at radius 1 is 1.03 bits per heavy atom. The van der Waals surface area contributed by atoms with E-state index in [-0.39, 0.29) is 5.91 Å². The maximum absolute atomic E-state index is 12.3. The number of imide groups is 1. The number of rotatable bonds is 3. The van der Waals surface area contributed by atoms with Crippen LogP contribution >= 0.6 is 0 Å². The van der Waals surface area contributed by atoms with Crippen molar-refractivity contribution in [1.29, 1.82) is 0 Å². The van der Waals surface area contributed by atoms with Crippen LogP contribution in [0.15, 0.2) is 30.6 Å². The molecule has 7 nitrogen and oxygen atoms in total. The van der Waals surface area contributed by atoms with Gasteiger partial charge in [-0.15, -0.1) is 0 Å². The summed E-state index contributed by atoms with van der Waals surface area (Å²) in [5, 5.41) is 4.25. The van der Waals surface area contributed by atoms with Crippen molar-refractivity contribution in [2.24, 2.45) is 17.6 Å². The number of urea groups is 1. The molecule has 1 aliphatic carbocycles. The molecule has 3 N–H and O–H groups in total. The van der Waals surface area contributed by atoms with Crippen LogP contribution in [0.1, 0.15) is 50.5 Å². The number of nitrogens with zero attached hydrogens (tertiary/aromatic N) is 3. The van der Waals surface area contributed by atoms with Gasteiger partial charge in [0.25, 0.3) is 0 Å². The fraction of sp³-hybridized carbons (Fsp3) is 0.519. The molecule has 5 rings (SSSR count). The summed E-state index contributed by atoms with van der Waals surface area (Å²) in [4.78, 5) is 32.3. The average molecular weight is 460 g/mol. The lowest BCUT2D eigenvalue weighted by atomic mass is 9.85. The van der Waals surface area contributed by atoms with E-state index in [0.29, 0.717) is 30.6 Å². The zero-order valence-electron chi connectivity index (χ0n) is 19.6. The molecule has 3 heterocycles. The second kappa shape index (κ2) is 10.1. The van der Waals surface area contributed by atoms with Gasteiger partial charge in [0, 0.05) is 54.0 Å². The van der Waals surface area contributed by atoms with Crippen LogP contribution in [0.2, 0.25) is 0 Å². The third kappa shape index (κ3) is 5.24. The van der Waals surface area contributed by atoms with Gasteiger partial charge in [-0.05, 0) is 69.7 Å². The molecule has 3 amide bonds. The topological polar surface area (TPSA) is 91.6 Å². The number of carbonyl (C=O) groups excluding carboxylic acids is 2. The van der Waals surface area contributed by atoms with Crippen molar-refractivity contribution >= 4 is 28.4 Å². The lowest BCUT2D eigenvalue weighted by Gasteiger charge is -2.35. The first kappa shape index (κ1) is 22.8. The van der Waals surface area contributed by atoms with Gasteiger partial charge in [0.2, 0.25) is 5.91 Å². The Labute approximate surface area is 201 Å². The largest absolute Gasteiger partial charge is 0.328 e. The van der Waals surface area contributed by atoms with Crippen molar-refractivity contribution in [3.05, 3.63) is 36.2 Å². The maximum atomic E-state index is 12.3. The molecule has 0 bridgehead atoms. The quantitative estimate of drug-likeness (QED) is 0.688. The van der Waals surface area contributed by atoms with E-state index in [0.717, 1.165) is 48.2 Å². The number of hydrogen-bond acceptors (Lipinski definition) is 5. The number of fused-ring (bicyclic) bond motifs is 1. The smallest absolute Gasteiger partial charge is 0.328 e. The van der Waals surface area contributed by atoms with Crippen LogP contribution in [0.3, 0.4) is 0 Å². The maximum Gasteiger partial charge on any atom is 0.328 e. The van der Waals surface area contributed by atoms with Crippen molar-refractivity contribution in [3.8, 4) is 11.8 Å². The zero-order valence-corrected chi connectivity index (χ0v) is 19.6. The molecule has 1 saturated carbocycles. The Balaban J connectivity index is 1.21. The van der Waals surface area contributed by atoms with Crippen LogP contribution in [-0.2, 0) is 4.79 Å². The first-order valence-corrected chi connectivity index (χ1v) is 12.5. The molecule has 1 aromatic heterocycles. The molecule has 1 aromatic carbocycles. The molecule has 0 unspecified atom stereocenters. The van der Waals surface area contributed by atoms with E-state index in [9.17, 15) is 9.59 Å². The van der Waals surface area contributed by atoms with E-state index in [1.165, 1.54) is 32.2 Å². The Morgan fingerprint density at radius 2 is 1.82 bits per heavy atom. The van der Waals surface area contributed by atoms with Crippen molar-refractivity contribution in [2.45, 2.75) is 51.0 Å². The highest BCUT2D eigenvalue weighted by atomic mass is 16.2. The summed E-state index contributed by atoms with van der Waals surface area (Å²) >= 11 is 0. The van der Waals surface area contributed by atoms with E-state index in [2.05, 4.69) is 27.0 Å². The van der Waals surface area contributed by atoms with E-state index in [4.69, 9.17) is 5.73 Å². The minimum atomic E-state index is -0.396. The summed E-state index contributed by atoms with van der Waals surface area (Å²) in [6.07, 6.45) is 10.9. The molecular formula is C27H33N5O2. The predicted molar refractivity (Wildman–Crippen MR) is 133 cm³/mol. The number of likely N-dealkylation sites (tertiary alicyclic amines) is 1. The Bertz CT molecular complexity index is 1120. The van der Waals surface area contributed by atoms with E-state index in [1.54, 1.807) is 17.3 Å². The van der Waals surface area contributed by atoms with E-state index >= 15 is 0 Å². The van der Waals surface area contributed by atoms with Gasteiger partial charge in [-0.1, -0.05) is 17.9 Å². The number of hydrogen-bond donors (Lipinski definition) is 2. The van der Waals surface area contributed by atoms with Crippen LogP contribution < -0.4 is 16.0 Å². The number of nitrogens with one attached hydrogen (secondary N) is 1. The van der Waals surface area contributed by atoms with Crippen LogP contribution in [0.4, 0.5) is 10.5 Å². The molecule has 178 valence electrons. The number of amides is 3. The lowest BCUT2D eigenvalue weighted by Crippen LogP contribution is -2.49. The van der Waals surface area contributed by atoms with Gasteiger partial charge in [-0.25, -0.2) is 4.79 Å². The summed E-state index contributed by atoms with van der Waals surface area (Å²) in [5.41, 5.74) is 7.73. The number of benzene rings is 1. The summed E-state index contributed by atoms with van der Waals surface area (Å²) in [6, 6.07) is 6.07. The third-order valence-electron chi connectivity index (χ3n) is 7.50. The van der Waals surface area contributed by atoms with Crippen LogP contribution in [0, 0.1) is 23.7 Å². The Kier molecular flexibility index (Phi) is 6.80. The van der Waals surface area contributed by atoms with Crippen LogP contribution in [-0.4, -0.2) is 54.0 Å². The molecule has 3 aliphatic rings. The number of carbonyl (C=O) groups is 2. The molecule has 2 aromatic rings. The Morgan fingerprint density at radius 3 is 2.59 bits per heavy atom. The third-order valence-corrected chi connectivity index (χ3v) is 7.50. The highest BCUT2D eigenvalue weighted by Crippen LogP contribution is 2.28. The van der Waals surface area contributed by atoms with Gasteiger partial charge < -0.3 is 10.6 Å². The first-order chi connectivity index (χ1) is 16.5. The highest BCUT2D eigenvalue weighted by molar-refractivity contribution is 6.09. The fourth-order valence-corrected chi connectivity index (χ4v) is 5.43. The molecular weight excluding hydrogens is 426 g/mol. The number of anilines is 1. The lowest BCUT2D eigenvalue weighted by molar-refractivity contribution is -0.120. The number of nitrogens with two attached hydrogens (primary N) is 1. The second-order valence-corrected chi connectivity index (χ2v) is 9.97. The fourth-order valence-electron chi connectivity index (χ4n) is 5.43. The van der Waals surface area contributed by atoms with Crippen molar-refractivity contribution in [3.63, 3.8) is 0 Å². The Hall–Kier alpha value is -2.95. The molecule has 3 fully saturated rings. The van der Waals surface area contributed by atoms with Gasteiger partial charge in [-0.2, -0.15) is 0 Å². The van der Waals surface area contributed by atoms with Gasteiger partial charge in [0.1, 0.15) is 0 Å². The number of pyridine rings is 1. The molecule has 0 atom stereocenters. The van der Waals surface area contributed by atoms with Crippen molar-refractivity contribution < 1.29 is 9.59 Å². The average Bonchev–Trinajstić information content (AvgIpc) is 2.85. The number of aromatic nitrogens is 1. The highest BCUT2D eigenvalue weighted by Gasteiger charge is 2.26. The first-order valence-electron chi connectivity index (χ1n) is 12.5. The second-order valence-electron chi connectivity index (χ2n) is 9.97. The molecule has 7 heteroatoms. The standard InChI is InChI=1S/C27H33N5O2/c28-23-6-3-21(4-7-23)18-31-12-9-19(10-13-31)1-2-20-5-8-24-22(15-20)16-29-17-25(24)32-14-11-26(33)30-27(32)34/h5,8,15-17,19,21,23H,3-4,6-7,9-14,18,28H2,(H,30,33,34)/t21-,23-. The summed E-state index contributed by atoms with van der Waals surface area (Å²) < 4.78 is 0. The molecule has 34 heavy (non-hydrogen) atoms. The van der Waals surface area contributed by atoms with E-state index in [1.807, 2.05) is 18.2 Å². The molecule has 2 aliphatic heterocycles. The van der Waals surface area contributed by atoms with E-state index < -0.39 is 6.03 Å².